The lowest BCUT2D eigenvalue weighted by Crippen LogP contribution is -1.91. The number of fused-ring (bicyclic) bond motifs is 1. The molecule has 0 aliphatic heterocycles. The summed E-state index contributed by atoms with van der Waals surface area (Å²) in [6.45, 7) is 0. The van der Waals surface area contributed by atoms with Gasteiger partial charge in [0.25, 0.3) is 0 Å². The predicted molar refractivity (Wildman–Crippen MR) is 80.9 cm³/mol. The fourth-order valence-electron chi connectivity index (χ4n) is 2.07. The molecule has 0 saturated carbocycles. The van der Waals surface area contributed by atoms with Gasteiger partial charge in [0.1, 0.15) is 5.75 Å². The fraction of sp³-hybridized carbons (Fsp3) is 0. The van der Waals surface area contributed by atoms with Crippen LogP contribution >= 0.6 is 11.6 Å². The molecule has 3 rings (SSSR count). The summed E-state index contributed by atoms with van der Waals surface area (Å²) in [6, 6.07) is 18.9. The standard InChI is InChI=1S/C17H11ClO2/c18-16-7-3-6-14(11-19)17(16)20-15-9-8-12-4-1-2-5-13(12)10-15/h1-11H. The lowest BCUT2D eigenvalue weighted by Gasteiger charge is -2.10. The largest absolute Gasteiger partial charge is 0.455 e. The first kappa shape index (κ1) is 12.7. The number of halogens is 1. The average molecular weight is 283 g/mol. The van der Waals surface area contributed by atoms with Crippen LogP contribution in [0.3, 0.4) is 0 Å². The highest BCUT2D eigenvalue weighted by Crippen LogP contribution is 2.33. The van der Waals surface area contributed by atoms with E-state index in [0.717, 1.165) is 17.1 Å². The molecule has 0 aliphatic carbocycles. The minimum atomic E-state index is 0.388. The number of carbonyl (C=O) groups is 1. The van der Waals surface area contributed by atoms with E-state index in [9.17, 15) is 4.79 Å². The first-order valence-electron chi connectivity index (χ1n) is 6.18. The molecule has 0 aliphatic rings. The maximum Gasteiger partial charge on any atom is 0.156 e. The summed E-state index contributed by atoms with van der Waals surface area (Å²) in [4.78, 5) is 11.0. The second-order valence-electron chi connectivity index (χ2n) is 4.39. The summed E-state index contributed by atoms with van der Waals surface area (Å²) < 4.78 is 5.78. The molecule has 0 heterocycles. The molecule has 0 fully saturated rings. The molecular formula is C17H11ClO2. The number of rotatable bonds is 3. The zero-order valence-electron chi connectivity index (χ0n) is 10.5. The first-order chi connectivity index (χ1) is 9.78. The smallest absolute Gasteiger partial charge is 0.156 e. The number of hydrogen-bond donors (Lipinski definition) is 0. The van der Waals surface area contributed by atoms with Gasteiger partial charge in [0.05, 0.1) is 10.6 Å². The molecule has 98 valence electrons. The molecule has 0 saturated heterocycles. The van der Waals surface area contributed by atoms with Crippen molar-refractivity contribution in [2.75, 3.05) is 0 Å². The molecular weight excluding hydrogens is 272 g/mol. The fourth-order valence-corrected chi connectivity index (χ4v) is 2.30. The van der Waals surface area contributed by atoms with E-state index in [-0.39, 0.29) is 0 Å². The van der Waals surface area contributed by atoms with Crippen LogP contribution in [0.1, 0.15) is 10.4 Å². The van der Waals surface area contributed by atoms with Gasteiger partial charge in [0.2, 0.25) is 0 Å². The summed E-state index contributed by atoms with van der Waals surface area (Å²) in [5, 5.41) is 2.63. The number of benzene rings is 3. The van der Waals surface area contributed by atoms with E-state index in [1.165, 1.54) is 0 Å². The molecule has 3 aromatic rings. The molecule has 0 unspecified atom stereocenters. The van der Waals surface area contributed by atoms with Crippen LogP contribution < -0.4 is 4.74 Å². The molecule has 0 spiro atoms. The maximum atomic E-state index is 11.0. The third-order valence-electron chi connectivity index (χ3n) is 3.07. The van der Waals surface area contributed by atoms with E-state index in [1.54, 1.807) is 18.2 Å². The lowest BCUT2D eigenvalue weighted by atomic mass is 10.1. The van der Waals surface area contributed by atoms with E-state index in [4.69, 9.17) is 16.3 Å². The van der Waals surface area contributed by atoms with E-state index in [2.05, 4.69) is 0 Å². The Kier molecular flexibility index (Phi) is 3.40. The third-order valence-corrected chi connectivity index (χ3v) is 3.36. The molecule has 3 heteroatoms. The second-order valence-corrected chi connectivity index (χ2v) is 4.79. The quantitative estimate of drug-likeness (QED) is 0.625. The topological polar surface area (TPSA) is 26.3 Å². The molecule has 0 aromatic heterocycles. The van der Waals surface area contributed by atoms with Crippen molar-refractivity contribution in [2.45, 2.75) is 0 Å². The Labute approximate surface area is 121 Å². The Morgan fingerprint density at radius 1 is 0.900 bits per heavy atom. The van der Waals surface area contributed by atoms with Crippen molar-refractivity contribution < 1.29 is 9.53 Å². The molecule has 0 atom stereocenters. The van der Waals surface area contributed by atoms with Crippen molar-refractivity contribution in [1.29, 1.82) is 0 Å². The van der Waals surface area contributed by atoms with E-state index < -0.39 is 0 Å². The Balaban J connectivity index is 2.03. The van der Waals surface area contributed by atoms with E-state index in [1.807, 2.05) is 42.5 Å². The predicted octanol–water partition coefficient (Wildman–Crippen LogP) is 5.10. The summed E-state index contributed by atoms with van der Waals surface area (Å²) in [5.74, 6) is 1.04. The Bertz CT molecular complexity index is 781. The summed E-state index contributed by atoms with van der Waals surface area (Å²) in [7, 11) is 0. The van der Waals surface area contributed by atoms with Gasteiger partial charge in [-0.1, -0.05) is 48.0 Å². The monoisotopic (exact) mass is 282 g/mol. The number of para-hydroxylation sites is 1. The van der Waals surface area contributed by atoms with Crippen molar-refractivity contribution >= 4 is 28.7 Å². The van der Waals surface area contributed by atoms with Crippen LogP contribution in [0.4, 0.5) is 0 Å². The van der Waals surface area contributed by atoms with Gasteiger partial charge in [-0.25, -0.2) is 0 Å². The van der Waals surface area contributed by atoms with Crippen molar-refractivity contribution in [3.8, 4) is 11.5 Å². The number of aldehydes is 1. The molecule has 0 N–H and O–H groups in total. The van der Waals surface area contributed by atoms with Gasteiger partial charge in [0, 0.05) is 0 Å². The normalized spacial score (nSPS) is 10.4. The van der Waals surface area contributed by atoms with E-state index >= 15 is 0 Å². The van der Waals surface area contributed by atoms with Gasteiger partial charge in [0.15, 0.2) is 12.0 Å². The van der Waals surface area contributed by atoms with Crippen molar-refractivity contribution in [3.05, 3.63) is 71.2 Å². The molecule has 0 amide bonds. The number of ether oxygens (including phenoxy) is 1. The zero-order valence-corrected chi connectivity index (χ0v) is 11.3. The van der Waals surface area contributed by atoms with Gasteiger partial charge >= 0.3 is 0 Å². The van der Waals surface area contributed by atoms with Crippen molar-refractivity contribution in [3.63, 3.8) is 0 Å². The van der Waals surface area contributed by atoms with Crippen molar-refractivity contribution in [2.24, 2.45) is 0 Å². The first-order valence-corrected chi connectivity index (χ1v) is 6.56. The lowest BCUT2D eigenvalue weighted by molar-refractivity contribution is 0.112. The highest BCUT2D eigenvalue weighted by Gasteiger charge is 2.09. The number of carbonyl (C=O) groups excluding carboxylic acids is 1. The minimum absolute atomic E-state index is 0.388. The molecule has 2 nitrogen and oxygen atoms in total. The van der Waals surface area contributed by atoms with Crippen LogP contribution in [0.5, 0.6) is 11.5 Å². The van der Waals surface area contributed by atoms with Crippen LogP contribution in [0, 0.1) is 0 Å². The average Bonchev–Trinajstić information content (AvgIpc) is 2.49. The Morgan fingerprint density at radius 3 is 2.50 bits per heavy atom. The van der Waals surface area contributed by atoms with Gasteiger partial charge in [-0.05, 0) is 35.0 Å². The highest BCUT2D eigenvalue weighted by atomic mass is 35.5. The number of hydrogen-bond acceptors (Lipinski definition) is 2. The van der Waals surface area contributed by atoms with Crippen LogP contribution in [0.25, 0.3) is 10.8 Å². The van der Waals surface area contributed by atoms with Gasteiger partial charge < -0.3 is 4.74 Å². The third kappa shape index (κ3) is 2.38. The summed E-state index contributed by atoms with van der Waals surface area (Å²) >= 11 is 6.09. The van der Waals surface area contributed by atoms with Crippen LogP contribution in [0.15, 0.2) is 60.7 Å². The zero-order chi connectivity index (χ0) is 13.9. The summed E-state index contributed by atoms with van der Waals surface area (Å²) in [5.41, 5.74) is 0.436. The molecule has 3 aromatic carbocycles. The molecule has 0 radical (unpaired) electrons. The van der Waals surface area contributed by atoms with E-state index in [0.29, 0.717) is 22.1 Å². The van der Waals surface area contributed by atoms with Gasteiger partial charge in [-0.3, -0.25) is 4.79 Å². The highest BCUT2D eigenvalue weighted by molar-refractivity contribution is 6.32. The molecule has 20 heavy (non-hydrogen) atoms. The Morgan fingerprint density at radius 2 is 1.70 bits per heavy atom. The molecule has 0 bridgehead atoms. The second kappa shape index (κ2) is 5.35. The maximum absolute atomic E-state index is 11.0. The Hall–Kier alpha value is -2.32. The van der Waals surface area contributed by atoms with Crippen LogP contribution in [-0.2, 0) is 0 Å². The van der Waals surface area contributed by atoms with Gasteiger partial charge in [-0.15, -0.1) is 0 Å². The minimum Gasteiger partial charge on any atom is -0.455 e. The van der Waals surface area contributed by atoms with Gasteiger partial charge in [-0.2, -0.15) is 0 Å². The van der Waals surface area contributed by atoms with Crippen LogP contribution in [0.2, 0.25) is 5.02 Å². The summed E-state index contributed by atoms with van der Waals surface area (Å²) in [6.07, 6.45) is 0.738. The van der Waals surface area contributed by atoms with Crippen molar-refractivity contribution in [1.82, 2.24) is 0 Å². The SMILES string of the molecule is O=Cc1cccc(Cl)c1Oc1ccc2ccccc2c1. The van der Waals surface area contributed by atoms with Crippen LogP contribution in [-0.4, -0.2) is 6.29 Å².